The van der Waals surface area contributed by atoms with E-state index in [0.717, 1.165) is 75.2 Å². The van der Waals surface area contributed by atoms with Gasteiger partial charge in [0, 0.05) is 12.8 Å². The average molecular weight is 671 g/mol. The van der Waals surface area contributed by atoms with Gasteiger partial charge in [-0.05, 0) is 116 Å². The van der Waals surface area contributed by atoms with E-state index in [-0.39, 0.29) is 42.7 Å². The summed E-state index contributed by atoms with van der Waals surface area (Å²) in [5, 5.41) is 23.1. The first-order valence-electron chi connectivity index (χ1n) is 18.6. The molecule has 13 unspecified atom stereocenters. The maximum atomic E-state index is 11.7. The first kappa shape index (κ1) is 37.6. The van der Waals surface area contributed by atoms with Gasteiger partial charge in [0.2, 0.25) is 0 Å². The van der Waals surface area contributed by atoms with Crippen LogP contribution in [0.25, 0.3) is 0 Å². The van der Waals surface area contributed by atoms with Gasteiger partial charge in [-0.3, -0.25) is 4.79 Å². The van der Waals surface area contributed by atoms with Crippen molar-refractivity contribution < 1.29 is 38.7 Å². The maximum absolute atomic E-state index is 11.7. The van der Waals surface area contributed by atoms with Gasteiger partial charge in [-0.2, -0.15) is 0 Å². The minimum Gasteiger partial charge on any atom is -0.390 e. The van der Waals surface area contributed by atoms with Gasteiger partial charge < -0.3 is 33.9 Å². The van der Waals surface area contributed by atoms with Crippen LogP contribution < -0.4 is 0 Å². The maximum Gasteiger partial charge on any atom is 0.143 e. The SMILES string of the molecule is C=CC=CCCC1OC2CCC3(C)OC4C(O)CC5(C)OC(CCCC=C(C)C(C)=CC=O)C(C)CC5OC4CC3OC2CCC1(C)O. The Bertz CT molecular complexity index is 1210. The summed E-state index contributed by atoms with van der Waals surface area (Å²) >= 11 is 0. The van der Waals surface area contributed by atoms with Crippen LogP contribution in [0, 0.1) is 5.92 Å². The molecule has 0 radical (unpaired) electrons. The van der Waals surface area contributed by atoms with Gasteiger partial charge in [-0.15, -0.1) is 0 Å². The standard InChI is InChI=1S/C40H62O8/c1-8-9-10-11-16-34-38(5,43)20-17-31-32(44-34)18-21-39(6)36(45-31)24-33-37(48-39)29(42)25-40(7)35(46-33)23-28(4)30(47-40)15-13-12-14-26(2)27(3)19-22-41/h8-10,14,19,22,28-37,42-43H,1,11-13,15-18,20-21,23-25H2,2-7H3. The Hall–Kier alpha value is -1.65. The molecule has 0 amide bonds. The van der Waals surface area contributed by atoms with E-state index in [2.05, 4.69) is 39.5 Å². The van der Waals surface area contributed by atoms with Crippen molar-refractivity contribution in [1.29, 1.82) is 0 Å². The molecule has 5 aliphatic rings. The lowest BCUT2D eigenvalue weighted by Gasteiger charge is -2.49. The van der Waals surface area contributed by atoms with E-state index in [1.807, 2.05) is 26.8 Å². The van der Waals surface area contributed by atoms with E-state index < -0.39 is 29.0 Å². The Morgan fingerprint density at radius 1 is 0.896 bits per heavy atom. The van der Waals surface area contributed by atoms with Crippen molar-refractivity contribution in [2.24, 2.45) is 5.92 Å². The second-order valence-electron chi connectivity index (χ2n) is 16.1. The number of rotatable bonds is 10. The predicted molar refractivity (Wildman–Crippen MR) is 187 cm³/mol. The summed E-state index contributed by atoms with van der Waals surface area (Å²) in [5.41, 5.74) is 0.0151. The molecule has 8 heteroatoms. The highest BCUT2D eigenvalue weighted by Gasteiger charge is 2.58. The van der Waals surface area contributed by atoms with E-state index in [0.29, 0.717) is 25.2 Å². The molecule has 0 saturated carbocycles. The molecule has 5 rings (SSSR count). The van der Waals surface area contributed by atoms with Gasteiger partial charge in [-0.25, -0.2) is 0 Å². The molecule has 270 valence electrons. The molecule has 0 aliphatic carbocycles. The van der Waals surface area contributed by atoms with Gasteiger partial charge >= 0.3 is 0 Å². The first-order chi connectivity index (χ1) is 22.8. The highest BCUT2D eigenvalue weighted by molar-refractivity contribution is 5.67. The van der Waals surface area contributed by atoms with Crippen LogP contribution in [-0.2, 0) is 28.5 Å². The number of allylic oxidation sites excluding steroid dienone is 7. The molecule has 13 atom stereocenters. The molecule has 0 bridgehead atoms. The van der Waals surface area contributed by atoms with Crippen LogP contribution in [0.2, 0.25) is 0 Å². The number of aliphatic hydroxyl groups excluding tert-OH is 1. The smallest absolute Gasteiger partial charge is 0.143 e. The number of fused-ring (bicyclic) bond motifs is 4. The summed E-state index contributed by atoms with van der Waals surface area (Å²) in [6.45, 7) is 16.1. The van der Waals surface area contributed by atoms with E-state index in [9.17, 15) is 15.0 Å². The van der Waals surface area contributed by atoms with Gasteiger partial charge in [0.25, 0.3) is 0 Å². The van der Waals surface area contributed by atoms with Crippen molar-refractivity contribution in [3.8, 4) is 0 Å². The summed E-state index contributed by atoms with van der Waals surface area (Å²) in [6, 6.07) is 0. The van der Waals surface area contributed by atoms with Crippen molar-refractivity contribution in [2.75, 3.05) is 0 Å². The van der Waals surface area contributed by atoms with Crippen LogP contribution in [0.4, 0.5) is 0 Å². The third-order valence-corrected chi connectivity index (χ3v) is 12.2. The molecule has 5 saturated heterocycles. The van der Waals surface area contributed by atoms with Crippen LogP contribution >= 0.6 is 0 Å². The Balaban J connectivity index is 1.24. The minimum atomic E-state index is -0.924. The number of carbonyl (C=O) groups excluding carboxylic acids is 1. The molecule has 8 nitrogen and oxygen atoms in total. The van der Waals surface area contributed by atoms with Gasteiger partial charge in [0.05, 0.1) is 65.6 Å². The van der Waals surface area contributed by atoms with Crippen LogP contribution in [0.15, 0.2) is 48.1 Å². The Labute approximate surface area is 289 Å². The third-order valence-electron chi connectivity index (χ3n) is 12.2. The minimum absolute atomic E-state index is 0.0848. The Morgan fingerprint density at radius 2 is 1.60 bits per heavy atom. The number of aliphatic hydroxyl groups is 2. The monoisotopic (exact) mass is 670 g/mol. The molecule has 0 aromatic rings. The van der Waals surface area contributed by atoms with Crippen LogP contribution in [0.1, 0.15) is 119 Å². The van der Waals surface area contributed by atoms with Gasteiger partial charge in [0.15, 0.2) is 0 Å². The first-order valence-corrected chi connectivity index (χ1v) is 18.6. The second kappa shape index (κ2) is 15.7. The fraction of sp³-hybridized carbons (Fsp3) is 0.775. The summed E-state index contributed by atoms with van der Waals surface area (Å²) in [4.78, 5) is 10.8. The zero-order valence-corrected chi connectivity index (χ0v) is 30.3. The lowest BCUT2D eigenvalue weighted by atomic mass is 9.79. The fourth-order valence-corrected chi connectivity index (χ4v) is 8.80. The van der Waals surface area contributed by atoms with E-state index >= 15 is 0 Å². The molecule has 48 heavy (non-hydrogen) atoms. The lowest BCUT2D eigenvalue weighted by molar-refractivity contribution is -0.273. The molecule has 5 fully saturated rings. The van der Waals surface area contributed by atoms with Gasteiger partial charge in [-0.1, -0.05) is 43.4 Å². The average Bonchev–Trinajstić information content (AvgIpc) is 3.29. The largest absolute Gasteiger partial charge is 0.390 e. The van der Waals surface area contributed by atoms with Crippen molar-refractivity contribution in [3.63, 3.8) is 0 Å². The second-order valence-corrected chi connectivity index (χ2v) is 16.1. The number of hydrogen-bond donors (Lipinski definition) is 2. The third kappa shape index (κ3) is 8.44. The number of carbonyl (C=O) groups is 1. The predicted octanol–water partition coefficient (Wildman–Crippen LogP) is 6.87. The van der Waals surface area contributed by atoms with Crippen molar-refractivity contribution in [3.05, 3.63) is 48.1 Å². The normalized spacial score (nSPS) is 45.5. The lowest BCUT2D eigenvalue weighted by Crippen LogP contribution is -2.59. The van der Waals surface area contributed by atoms with Crippen LogP contribution in [0.3, 0.4) is 0 Å². The zero-order chi connectivity index (χ0) is 34.7. The molecule has 5 heterocycles. The van der Waals surface area contributed by atoms with Crippen molar-refractivity contribution in [1.82, 2.24) is 0 Å². The number of ether oxygens (including phenoxy) is 5. The quantitative estimate of drug-likeness (QED) is 0.112. The summed E-state index contributed by atoms with van der Waals surface area (Å²) in [5.74, 6) is 0.319. The fourth-order valence-electron chi connectivity index (χ4n) is 8.80. The molecule has 0 aromatic heterocycles. The summed E-state index contributed by atoms with van der Waals surface area (Å²) in [7, 11) is 0. The summed E-state index contributed by atoms with van der Waals surface area (Å²) < 4.78 is 34.2. The van der Waals surface area contributed by atoms with Crippen molar-refractivity contribution >= 4 is 6.29 Å². The van der Waals surface area contributed by atoms with E-state index in [4.69, 9.17) is 23.7 Å². The van der Waals surface area contributed by atoms with E-state index in [1.165, 1.54) is 0 Å². The molecule has 0 aromatic carbocycles. The Kier molecular flexibility index (Phi) is 12.3. The highest BCUT2D eigenvalue weighted by Crippen LogP contribution is 2.49. The number of aldehydes is 1. The zero-order valence-electron chi connectivity index (χ0n) is 30.3. The van der Waals surface area contributed by atoms with E-state index in [1.54, 1.807) is 12.2 Å². The van der Waals surface area contributed by atoms with Crippen molar-refractivity contribution in [2.45, 2.75) is 190 Å². The molecule has 2 N–H and O–H groups in total. The topological polar surface area (TPSA) is 104 Å². The Morgan fingerprint density at radius 3 is 2.35 bits per heavy atom. The molecule has 5 aliphatic heterocycles. The summed E-state index contributed by atoms with van der Waals surface area (Å²) in [6.07, 6.45) is 17.3. The van der Waals surface area contributed by atoms with Gasteiger partial charge in [0.1, 0.15) is 12.4 Å². The number of hydrogen-bond acceptors (Lipinski definition) is 8. The molecular weight excluding hydrogens is 608 g/mol. The van der Waals surface area contributed by atoms with Crippen LogP contribution in [0.5, 0.6) is 0 Å². The highest BCUT2D eigenvalue weighted by atomic mass is 16.6. The van der Waals surface area contributed by atoms with Crippen LogP contribution in [-0.4, -0.2) is 88.2 Å². The molecule has 0 spiro atoms. The molecular formula is C40H62O8. The number of unbranched alkanes of at least 4 members (excludes halogenated alkanes) is 1.